The van der Waals surface area contributed by atoms with Crippen LogP contribution in [-0.2, 0) is 0 Å². The molecule has 0 aliphatic carbocycles. The number of carbonyl (C=O) groups is 1. The molecule has 86 valence electrons. The van der Waals surface area contributed by atoms with E-state index in [-0.39, 0.29) is 5.69 Å². The Bertz CT molecular complexity index is 404. The molecule has 0 aromatic carbocycles. The number of hydrogen-bond acceptors (Lipinski definition) is 4. The lowest BCUT2D eigenvalue weighted by atomic mass is 10.3. The van der Waals surface area contributed by atoms with Gasteiger partial charge in [0, 0.05) is 25.5 Å². The Morgan fingerprint density at radius 2 is 2.12 bits per heavy atom. The molecule has 1 aromatic heterocycles. The van der Waals surface area contributed by atoms with Crippen molar-refractivity contribution in [2.45, 2.75) is 13.8 Å². The zero-order valence-electron chi connectivity index (χ0n) is 9.47. The summed E-state index contributed by atoms with van der Waals surface area (Å²) in [5, 5.41) is 8.99. The number of aromatic carboxylic acids is 1. The molecular formula is C11H15N3O2. The van der Waals surface area contributed by atoms with Gasteiger partial charge in [0.15, 0.2) is 11.5 Å². The number of rotatable bonds is 5. The van der Waals surface area contributed by atoms with E-state index >= 15 is 0 Å². The van der Waals surface area contributed by atoms with Crippen LogP contribution in [0.15, 0.2) is 24.5 Å². The normalized spacial score (nSPS) is 9.88. The van der Waals surface area contributed by atoms with Gasteiger partial charge in [-0.2, -0.15) is 0 Å². The summed E-state index contributed by atoms with van der Waals surface area (Å²) in [6.07, 6.45) is 2.87. The third-order valence-electron chi connectivity index (χ3n) is 2.02. The minimum absolute atomic E-state index is 0.0226. The van der Waals surface area contributed by atoms with Crippen molar-refractivity contribution in [3.05, 3.63) is 30.2 Å². The smallest absolute Gasteiger partial charge is 0.358 e. The first-order valence-electron chi connectivity index (χ1n) is 4.99. The van der Waals surface area contributed by atoms with Crippen molar-refractivity contribution < 1.29 is 9.90 Å². The first-order valence-corrected chi connectivity index (χ1v) is 4.99. The summed E-state index contributed by atoms with van der Waals surface area (Å²) in [6.45, 7) is 8.87. The first kappa shape index (κ1) is 12.2. The molecule has 0 aliphatic rings. The molecule has 0 atom stereocenters. The Morgan fingerprint density at radius 1 is 1.50 bits per heavy atom. The van der Waals surface area contributed by atoms with E-state index in [0.29, 0.717) is 18.9 Å². The monoisotopic (exact) mass is 221 g/mol. The van der Waals surface area contributed by atoms with Crippen molar-refractivity contribution in [2.24, 2.45) is 0 Å². The summed E-state index contributed by atoms with van der Waals surface area (Å²) in [4.78, 5) is 20.7. The van der Waals surface area contributed by atoms with Gasteiger partial charge in [-0.3, -0.25) is 0 Å². The van der Waals surface area contributed by atoms with Gasteiger partial charge in [0.25, 0.3) is 0 Å². The van der Waals surface area contributed by atoms with Crippen LogP contribution in [0.3, 0.4) is 0 Å². The molecule has 1 heterocycles. The van der Waals surface area contributed by atoms with E-state index in [2.05, 4.69) is 16.5 Å². The average molecular weight is 221 g/mol. The maximum absolute atomic E-state index is 11.0. The minimum atomic E-state index is -1.07. The summed E-state index contributed by atoms with van der Waals surface area (Å²) >= 11 is 0. The van der Waals surface area contributed by atoms with Gasteiger partial charge in [0.05, 0.1) is 0 Å². The SMILES string of the molecule is C=C(C)CN(CC)c1nccnc1C(=O)O. The van der Waals surface area contributed by atoms with Gasteiger partial charge >= 0.3 is 5.97 Å². The van der Waals surface area contributed by atoms with E-state index in [9.17, 15) is 4.79 Å². The number of carboxylic acids is 1. The zero-order valence-corrected chi connectivity index (χ0v) is 9.47. The number of carboxylic acid groups (broad SMARTS) is 1. The third kappa shape index (κ3) is 2.79. The predicted octanol–water partition coefficient (Wildman–Crippen LogP) is 1.58. The quantitative estimate of drug-likeness (QED) is 0.764. The molecule has 0 amide bonds. The van der Waals surface area contributed by atoms with Crippen LogP contribution < -0.4 is 4.90 Å². The molecule has 5 nitrogen and oxygen atoms in total. The highest BCUT2D eigenvalue weighted by atomic mass is 16.4. The first-order chi connectivity index (χ1) is 7.56. The summed E-state index contributed by atoms with van der Waals surface area (Å²) in [5.74, 6) is -0.677. The third-order valence-corrected chi connectivity index (χ3v) is 2.02. The van der Waals surface area contributed by atoms with Crippen LogP contribution in [0.2, 0.25) is 0 Å². The second-order valence-corrected chi connectivity index (χ2v) is 3.50. The maximum atomic E-state index is 11.0. The highest BCUT2D eigenvalue weighted by molar-refractivity contribution is 5.90. The van der Waals surface area contributed by atoms with E-state index in [4.69, 9.17) is 5.11 Å². The number of nitrogens with zero attached hydrogens (tertiary/aromatic N) is 3. The van der Waals surface area contributed by atoms with Crippen molar-refractivity contribution in [2.75, 3.05) is 18.0 Å². The molecule has 0 bridgehead atoms. The molecule has 0 saturated carbocycles. The predicted molar refractivity (Wildman–Crippen MR) is 61.7 cm³/mol. The second-order valence-electron chi connectivity index (χ2n) is 3.50. The van der Waals surface area contributed by atoms with Gasteiger partial charge in [0.2, 0.25) is 0 Å². The number of hydrogen-bond donors (Lipinski definition) is 1. The fourth-order valence-corrected chi connectivity index (χ4v) is 1.38. The van der Waals surface area contributed by atoms with Gasteiger partial charge in [-0.15, -0.1) is 0 Å². The summed E-state index contributed by atoms with van der Waals surface area (Å²) in [7, 11) is 0. The highest BCUT2D eigenvalue weighted by Gasteiger charge is 2.17. The summed E-state index contributed by atoms with van der Waals surface area (Å²) < 4.78 is 0. The molecule has 5 heteroatoms. The zero-order chi connectivity index (χ0) is 12.1. The molecule has 0 unspecified atom stereocenters. The van der Waals surface area contributed by atoms with Crippen LogP contribution in [0.5, 0.6) is 0 Å². The Kier molecular flexibility index (Phi) is 3.99. The maximum Gasteiger partial charge on any atom is 0.358 e. The summed E-state index contributed by atoms with van der Waals surface area (Å²) in [5.41, 5.74) is 0.925. The van der Waals surface area contributed by atoms with Crippen molar-refractivity contribution >= 4 is 11.8 Å². The van der Waals surface area contributed by atoms with Gasteiger partial charge in [0.1, 0.15) is 0 Å². The lowest BCUT2D eigenvalue weighted by Crippen LogP contribution is -2.28. The molecule has 1 rings (SSSR count). The molecule has 0 saturated heterocycles. The van der Waals surface area contributed by atoms with Gasteiger partial charge in [-0.1, -0.05) is 12.2 Å². The van der Waals surface area contributed by atoms with E-state index in [0.717, 1.165) is 5.57 Å². The Labute approximate surface area is 94.5 Å². The van der Waals surface area contributed by atoms with E-state index in [1.165, 1.54) is 12.4 Å². The van der Waals surface area contributed by atoms with Crippen molar-refractivity contribution in [1.29, 1.82) is 0 Å². The summed E-state index contributed by atoms with van der Waals surface area (Å²) in [6, 6.07) is 0. The number of anilines is 1. The van der Waals surface area contributed by atoms with Crippen LogP contribution in [-0.4, -0.2) is 34.1 Å². The molecule has 1 N–H and O–H groups in total. The molecule has 0 fully saturated rings. The largest absolute Gasteiger partial charge is 0.476 e. The molecule has 0 aliphatic heterocycles. The second kappa shape index (κ2) is 5.25. The van der Waals surface area contributed by atoms with Gasteiger partial charge in [-0.05, 0) is 13.8 Å². The van der Waals surface area contributed by atoms with E-state index in [1.54, 1.807) is 0 Å². The van der Waals surface area contributed by atoms with Crippen molar-refractivity contribution in [3.8, 4) is 0 Å². The average Bonchev–Trinajstić information content (AvgIpc) is 2.25. The Hall–Kier alpha value is -1.91. The fraction of sp³-hybridized carbons (Fsp3) is 0.364. The highest BCUT2D eigenvalue weighted by Crippen LogP contribution is 2.15. The van der Waals surface area contributed by atoms with Gasteiger partial charge < -0.3 is 10.0 Å². The molecule has 16 heavy (non-hydrogen) atoms. The van der Waals surface area contributed by atoms with E-state index < -0.39 is 5.97 Å². The van der Waals surface area contributed by atoms with Crippen LogP contribution in [0, 0.1) is 0 Å². The molecule has 0 spiro atoms. The molecule has 1 aromatic rings. The van der Waals surface area contributed by atoms with Crippen LogP contribution in [0.4, 0.5) is 5.82 Å². The lowest BCUT2D eigenvalue weighted by molar-refractivity contribution is 0.0690. The fourth-order valence-electron chi connectivity index (χ4n) is 1.38. The number of likely N-dealkylation sites (N-methyl/N-ethyl adjacent to an activating group) is 1. The van der Waals surface area contributed by atoms with Crippen LogP contribution in [0.1, 0.15) is 24.3 Å². The van der Waals surface area contributed by atoms with E-state index in [1.807, 2.05) is 18.7 Å². The molecular weight excluding hydrogens is 206 g/mol. The minimum Gasteiger partial charge on any atom is -0.476 e. The Balaban J connectivity index is 3.08. The van der Waals surface area contributed by atoms with Crippen LogP contribution >= 0.6 is 0 Å². The standard InChI is InChI=1S/C11H15N3O2/c1-4-14(7-8(2)3)10-9(11(15)16)12-5-6-13-10/h5-6H,2,4,7H2,1,3H3,(H,15,16). The van der Waals surface area contributed by atoms with Crippen molar-refractivity contribution in [1.82, 2.24) is 9.97 Å². The topological polar surface area (TPSA) is 66.3 Å². The van der Waals surface area contributed by atoms with Gasteiger partial charge in [-0.25, -0.2) is 14.8 Å². The lowest BCUT2D eigenvalue weighted by Gasteiger charge is -2.22. The molecule has 0 radical (unpaired) electrons. The number of aromatic nitrogens is 2. The van der Waals surface area contributed by atoms with Crippen LogP contribution in [0.25, 0.3) is 0 Å². The Morgan fingerprint density at radius 3 is 2.62 bits per heavy atom. The van der Waals surface area contributed by atoms with Crippen molar-refractivity contribution in [3.63, 3.8) is 0 Å².